The zero-order chi connectivity index (χ0) is 15.2. The van der Waals surface area contributed by atoms with E-state index < -0.39 is 0 Å². The first-order valence-electron chi connectivity index (χ1n) is 7.93. The lowest BCUT2D eigenvalue weighted by atomic mass is 10.1. The molecule has 0 atom stereocenters. The molecule has 0 heterocycles. The molecule has 0 aromatic heterocycles. The molecule has 21 heavy (non-hydrogen) atoms. The molecule has 1 aromatic rings. The minimum atomic E-state index is 0.0727. The molecule has 0 spiro atoms. The van der Waals surface area contributed by atoms with Crippen LogP contribution in [-0.4, -0.2) is 30.4 Å². The summed E-state index contributed by atoms with van der Waals surface area (Å²) in [4.78, 5) is 14.4. The molecular weight excluding hydrogens is 262 g/mol. The molecule has 0 aliphatic heterocycles. The van der Waals surface area contributed by atoms with Crippen LogP contribution in [0.2, 0.25) is 0 Å². The highest BCUT2D eigenvalue weighted by molar-refractivity contribution is 5.92. The molecule has 1 fully saturated rings. The maximum Gasteiger partial charge on any atom is 0.224 e. The molecule has 2 rings (SSSR count). The second-order valence-electron chi connectivity index (χ2n) is 6.09. The fourth-order valence-corrected chi connectivity index (χ4v) is 3.02. The topological polar surface area (TPSA) is 58.4 Å². The van der Waals surface area contributed by atoms with Gasteiger partial charge in [0, 0.05) is 23.8 Å². The highest BCUT2D eigenvalue weighted by atomic mass is 16.1. The zero-order valence-corrected chi connectivity index (χ0v) is 13.2. The number of hydrogen-bond acceptors (Lipinski definition) is 3. The fraction of sp³-hybridized carbons (Fsp3) is 0.588. The number of rotatable bonds is 6. The van der Waals surface area contributed by atoms with Gasteiger partial charge in [0.1, 0.15) is 0 Å². The first-order chi connectivity index (χ1) is 10.1. The van der Waals surface area contributed by atoms with E-state index >= 15 is 0 Å². The van der Waals surface area contributed by atoms with Gasteiger partial charge in [0.15, 0.2) is 0 Å². The summed E-state index contributed by atoms with van der Waals surface area (Å²) in [6, 6.07) is 6.34. The number of nitrogens with zero attached hydrogens (tertiary/aromatic N) is 1. The lowest BCUT2D eigenvalue weighted by molar-refractivity contribution is -0.116. The molecule has 1 amide bonds. The minimum Gasteiger partial charge on any atom is -0.398 e. The number of nitrogens with one attached hydrogen (secondary N) is 1. The molecule has 116 valence electrons. The van der Waals surface area contributed by atoms with Gasteiger partial charge in [0.05, 0.1) is 0 Å². The monoisotopic (exact) mass is 289 g/mol. The van der Waals surface area contributed by atoms with E-state index in [0.29, 0.717) is 12.1 Å². The van der Waals surface area contributed by atoms with Crippen LogP contribution in [0.1, 0.15) is 44.1 Å². The van der Waals surface area contributed by atoms with Crippen LogP contribution in [0.3, 0.4) is 0 Å². The molecule has 3 N–H and O–H groups in total. The molecule has 1 aliphatic rings. The summed E-state index contributed by atoms with van der Waals surface area (Å²) in [5.41, 5.74) is 8.33. The van der Waals surface area contributed by atoms with Crippen molar-refractivity contribution >= 4 is 17.3 Å². The van der Waals surface area contributed by atoms with Gasteiger partial charge in [-0.2, -0.15) is 0 Å². The normalized spacial score (nSPS) is 15.6. The van der Waals surface area contributed by atoms with Crippen molar-refractivity contribution in [1.29, 1.82) is 0 Å². The van der Waals surface area contributed by atoms with Gasteiger partial charge in [-0.3, -0.25) is 4.79 Å². The number of nitrogen functional groups attached to an aromatic ring is 1. The summed E-state index contributed by atoms with van der Waals surface area (Å²) in [6.45, 7) is 2.92. The number of hydrogen-bond donors (Lipinski definition) is 2. The third kappa shape index (κ3) is 4.46. The van der Waals surface area contributed by atoms with Gasteiger partial charge >= 0.3 is 0 Å². The summed E-state index contributed by atoms with van der Waals surface area (Å²) in [5, 5.41) is 2.96. The Morgan fingerprint density at radius 3 is 2.81 bits per heavy atom. The van der Waals surface area contributed by atoms with E-state index in [1.54, 1.807) is 0 Å². The van der Waals surface area contributed by atoms with Crippen LogP contribution in [0.4, 0.5) is 11.4 Å². The quantitative estimate of drug-likeness (QED) is 0.791. The van der Waals surface area contributed by atoms with Crippen LogP contribution in [0, 0.1) is 6.92 Å². The van der Waals surface area contributed by atoms with Crippen LogP contribution in [0.25, 0.3) is 0 Å². The fourth-order valence-electron chi connectivity index (χ4n) is 3.02. The highest BCUT2D eigenvalue weighted by Gasteiger charge is 2.19. The number of benzene rings is 1. The van der Waals surface area contributed by atoms with Gasteiger partial charge in [0.2, 0.25) is 5.91 Å². The van der Waals surface area contributed by atoms with Crippen LogP contribution in [0.5, 0.6) is 0 Å². The van der Waals surface area contributed by atoms with Crippen molar-refractivity contribution in [1.82, 2.24) is 4.90 Å². The van der Waals surface area contributed by atoms with Crippen molar-refractivity contribution in [3.05, 3.63) is 23.8 Å². The zero-order valence-electron chi connectivity index (χ0n) is 13.2. The number of carbonyl (C=O) groups excluding carboxylic acids is 1. The van der Waals surface area contributed by atoms with Gasteiger partial charge in [-0.05, 0) is 57.5 Å². The Hall–Kier alpha value is -1.55. The lowest BCUT2D eigenvalue weighted by Crippen LogP contribution is -2.30. The maximum absolute atomic E-state index is 12.0. The average molecular weight is 289 g/mol. The van der Waals surface area contributed by atoms with E-state index in [-0.39, 0.29) is 5.91 Å². The largest absolute Gasteiger partial charge is 0.398 e. The summed E-state index contributed by atoms with van der Waals surface area (Å²) in [7, 11) is 2.18. The Morgan fingerprint density at radius 2 is 2.10 bits per heavy atom. The predicted molar refractivity (Wildman–Crippen MR) is 88.3 cm³/mol. The summed E-state index contributed by atoms with van der Waals surface area (Å²) >= 11 is 0. The Kier molecular flexibility index (Phi) is 5.62. The lowest BCUT2D eigenvalue weighted by Gasteiger charge is -2.23. The third-order valence-electron chi connectivity index (χ3n) is 4.51. The first-order valence-corrected chi connectivity index (χ1v) is 7.93. The minimum absolute atomic E-state index is 0.0727. The summed E-state index contributed by atoms with van der Waals surface area (Å²) in [6.07, 6.45) is 6.79. The van der Waals surface area contributed by atoms with Crippen LogP contribution in [-0.2, 0) is 4.79 Å². The van der Waals surface area contributed by atoms with E-state index in [0.717, 1.165) is 30.3 Å². The Bertz CT molecular complexity index is 481. The Labute approximate surface area is 127 Å². The van der Waals surface area contributed by atoms with E-state index in [4.69, 9.17) is 5.73 Å². The van der Waals surface area contributed by atoms with E-state index in [2.05, 4.69) is 17.3 Å². The van der Waals surface area contributed by atoms with E-state index in [1.807, 2.05) is 25.1 Å². The van der Waals surface area contributed by atoms with Gasteiger partial charge in [-0.1, -0.05) is 18.9 Å². The molecule has 0 radical (unpaired) electrons. The van der Waals surface area contributed by atoms with Crippen LogP contribution >= 0.6 is 0 Å². The van der Waals surface area contributed by atoms with Crippen LogP contribution < -0.4 is 11.1 Å². The smallest absolute Gasteiger partial charge is 0.224 e. The van der Waals surface area contributed by atoms with Gasteiger partial charge in [-0.15, -0.1) is 0 Å². The second-order valence-corrected chi connectivity index (χ2v) is 6.09. The van der Waals surface area contributed by atoms with Crippen molar-refractivity contribution in [3.63, 3.8) is 0 Å². The molecular formula is C17H27N3O. The van der Waals surface area contributed by atoms with Crippen molar-refractivity contribution in [2.24, 2.45) is 0 Å². The molecule has 0 unspecified atom stereocenters. The standard InChI is InChI=1S/C17H27N3O/c1-13-15(18)9-5-10-16(13)19-17(21)11-6-12-20(2)14-7-3-4-8-14/h5,9-10,14H,3-4,6-8,11-12,18H2,1-2H3,(H,19,21). The molecule has 1 saturated carbocycles. The number of nitrogens with two attached hydrogens (primary N) is 1. The number of carbonyl (C=O) groups is 1. The molecule has 4 heteroatoms. The predicted octanol–water partition coefficient (Wildman–Crippen LogP) is 3.17. The molecule has 4 nitrogen and oxygen atoms in total. The van der Waals surface area contributed by atoms with Crippen molar-refractivity contribution in [3.8, 4) is 0 Å². The Balaban J connectivity index is 1.73. The van der Waals surface area contributed by atoms with Crippen molar-refractivity contribution in [2.75, 3.05) is 24.6 Å². The highest BCUT2D eigenvalue weighted by Crippen LogP contribution is 2.23. The van der Waals surface area contributed by atoms with Gasteiger partial charge in [-0.25, -0.2) is 0 Å². The number of amides is 1. The van der Waals surface area contributed by atoms with Gasteiger partial charge in [0.25, 0.3) is 0 Å². The average Bonchev–Trinajstić information content (AvgIpc) is 2.98. The maximum atomic E-state index is 12.0. The molecule has 1 aromatic carbocycles. The molecule has 0 saturated heterocycles. The summed E-state index contributed by atoms with van der Waals surface area (Å²) < 4.78 is 0. The van der Waals surface area contributed by atoms with Crippen molar-refractivity contribution in [2.45, 2.75) is 51.5 Å². The van der Waals surface area contributed by atoms with E-state index in [1.165, 1.54) is 25.7 Å². The van der Waals surface area contributed by atoms with Crippen LogP contribution in [0.15, 0.2) is 18.2 Å². The molecule has 0 bridgehead atoms. The summed E-state index contributed by atoms with van der Waals surface area (Å²) in [5.74, 6) is 0.0727. The third-order valence-corrected chi connectivity index (χ3v) is 4.51. The van der Waals surface area contributed by atoms with Crippen molar-refractivity contribution < 1.29 is 4.79 Å². The molecule has 1 aliphatic carbocycles. The van der Waals surface area contributed by atoms with E-state index in [9.17, 15) is 4.79 Å². The first kappa shape index (κ1) is 15.8. The Morgan fingerprint density at radius 1 is 1.38 bits per heavy atom. The van der Waals surface area contributed by atoms with Gasteiger partial charge < -0.3 is 16.0 Å². The SMILES string of the molecule is Cc1c(N)cccc1NC(=O)CCCN(C)C1CCCC1. The number of anilines is 2. The second kappa shape index (κ2) is 7.46.